The van der Waals surface area contributed by atoms with Gasteiger partial charge < -0.3 is 0 Å². The van der Waals surface area contributed by atoms with Crippen LogP contribution < -0.4 is 0 Å². The van der Waals surface area contributed by atoms with Crippen LogP contribution in [-0.4, -0.2) is 10.9 Å². The Morgan fingerprint density at radius 2 is 1.21 bits per heavy atom. The van der Waals surface area contributed by atoms with Crippen LogP contribution in [0.4, 0.5) is 4.39 Å². The van der Waals surface area contributed by atoms with Gasteiger partial charge in [0, 0.05) is 0 Å². The Bertz CT molecular complexity index is 233. The van der Waals surface area contributed by atoms with Crippen LogP contribution >= 0.6 is 11.6 Å². The maximum absolute atomic E-state index is 14.4. The summed E-state index contributed by atoms with van der Waals surface area (Å²) in [5.74, 6) is 0. The van der Waals surface area contributed by atoms with Crippen LogP contribution in [-0.2, 0) is 4.79 Å². The molecule has 0 bridgehead atoms. The van der Waals surface area contributed by atoms with E-state index in [1.807, 2.05) is 0 Å². The van der Waals surface area contributed by atoms with E-state index >= 15 is 0 Å². The number of halogens is 2. The van der Waals surface area contributed by atoms with Gasteiger partial charge in [-0.1, -0.05) is 65.2 Å². The molecule has 114 valence electrons. The van der Waals surface area contributed by atoms with Gasteiger partial charge in [0.25, 0.3) is 5.24 Å². The summed E-state index contributed by atoms with van der Waals surface area (Å²) in [4.78, 5) is 11.3. The fraction of sp³-hybridized carbons (Fsp3) is 0.938. The standard InChI is InChI=1S/C16H30ClFO/c1-3-5-7-9-10-12-14-16(18,15(17)19)13-11-8-6-4-2/h3-14H2,1-2H3. The highest BCUT2D eigenvalue weighted by molar-refractivity contribution is 6.65. The summed E-state index contributed by atoms with van der Waals surface area (Å²) >= 11 is 5.45. The molecule has 0 aromatic heterocycles. The molecule has 0 aliphatic rings. The van der Waals surface area contributed by atoms with Gasteiger partial charge in [0.2, 0.25) is 0 Å². The monoisotopic (exact) mass is 292 g/mol. The molecule has 0 radical (unpaired) electrons. The summed E-state index contributed by atoms with van der Waals surface area (Å²) in [6.07, 6.45) is 11.1. The molecule has 0 N–H and O–H groups in total. The quantitative estimate of drug-likeness (QED) is 0.292. The van der Waals surface area contributed by atoms with E-state index in [2.05, 4.69) is 13.8 Å². The number of alkyl halides is 1. The van der Waals surface area contributed by atoms with Crippen molar-refractivity contribution >= 4 is 16.8 Å². The van der Waals surface area contributed by atoms with Gasteiger partial charge >= 0.3 is 0 Å². The minimum Gasteiger partial charge on any atom is -0.278 e. The smallest absolute Gasteiger partial charge is 0.258 e. The van der Waals surface area contributed by atoms with Crippen molar-refractivity contribution in [3.8, 4) is 0 Å². The molecule has 19 heavy (non-hydrogen) atoms. The zero-order valence-electron chi connectivity index (χ0n) is 12.6. The molecule has 0 aliphatic heterocycles. The van der Waals surface area contributed by atoms with Crippen LogP contribution in [0.1, 0.15) is 90.9 Å². The first kappa shape index (κ1) is 18.9. The Morgan fingerprint density at radius 1 is 0.842 bits per heavy atom. The van der Waals surface area contributed by atoms with Gasteiger partial charge in [-0.05, 0) is 37.3 Å². The largest absolute Gasteiger partial charge is 0.278 e. The van der Waals surface area contributed by atoms with Gasteiger partial charge in [0.05, 0.1) is 0 Å². The summed E-state index contributed by atoms with van der Waals surface area (Å²) in [5.41, 5.74) is -1.78. The lowest BCUT2D eigenvalue weighted by Gasteiger charge is -2.21. The second-order valence-corrected chi connectivity index (χ2v) is 5.91. The Morgan fingerprint density at radius 3 is 1.63 bits per heavy atom. The van der Waals surface area contributed by atoms with E-state index in [0.717, 1.165) is 44.9 Å². The molecule has 0 amide bonds. The molecule has 1 atom stereocenters. The SMILES string of the molecule is CCCCCCCCC(F)(CCCCCC)C(=O)Cl. The number of rotatable bonds is 13. The highest BCUT2D eigenvalue weighted by Crippen LogP contribution is 2.29. The highest BCUT2D eigenvalue weighted by atomic mass is 35.5. The lowest BCUT2D eigenvalue weighted by atomic mass is 9.92. The van der Waals surface area contributed by atoms with Gasteiger partial charge in [0.15, 0.2) is 5.67 Å². The third-order valence-corrected chi connectivity index (χ3v) is 4.04. The summed E-state index contributed by atoms with van der Waals surface area (Å²) < 4.78 is 14.4. The fourth-order valence-electron chi connectivity index (χ4n) is 2.34. The van der Waals surface area contributed by atoms with E-state index < -0.39 is 10.9 Å². The maximum atomic E-state index is 14.4. The molecule has 0 aromatic rings. The Hall–Kier alpha value is -0.110. The summed E-state index contributed by atoms with van der Waals surface area (Å²) in [6, 6.07) is 0. The van der Waals surface area contributed by atoms with E-state index in [0.29, 0.717) is 12.8 Å². The second kappa shape index (κ2) is 11.7. The van der Waals surface area contributed by atoms with E-state index in [-0.39, 0.29) is 0 Å². The van der Waals surface area contributed by atoms with Gasteiger partial charge in [-0.2, -0.15) is 0 Å². The average Bonchev–Trinajstić information content (AvgIpc) is 2.38. The Labute approximate surface area is 123 Å². The third kappa shape index (κ3) is 9.43. The van der Waals surface area contributed by atoms with Crippen molar-refractivity contribution in [2.75, 3.05) is 0 Å². The normalized spacial score (nSPS) is 14.3. The zero-order valence-corrected chi connectivity index (χ0v) is 13.4. The number of carbonyl (C=O) groups is 1. The lowest BCUT2D eigenvalue weighted by Crippen LogP contribution is -2.30. The minimum atomic E-state index is -1.78. The number of unbranched alkanes of at least 4 members (excludes halogenated alkanes) is 8. The Kier molecular flexibility index (Phi) is 11.6. The van der Waals surface area contributed by atoms with Crippen LogP contribution in [0, 0.1) is 0 Å². The van der Waals surface area contributed by atoms with Crippen molar-refractivity contribution in [2.24, 2.45) is 0 Å². The average molecular weight is 293 g/mol. The molecule has 0 saturated carbocycles. The third-order valence-electron chi connectivity index (χ3n) is 3.71. The van der Waals surface area contributed by atoms with Gasteiger partial charge in [-0.15, -0.1) is 0 Å². The summed E-state index contributed by atoms with van der Waals surface area (Å²) in [7, 11) is 0. The van der Waals surface area contributed by atoms with Crippen molar-refractivity contribution in [3.05, 3.63) is 0 Å². The van der Waals surface area contributed by atoms with Crippen molar-refractivity contribution in [3.63, 3.8) is 0 Å². The molecule has 1 nitrogen and oxygen atoms in total. The molecule has 0 heterocycles. The van der Waals surface area contributed by atoms with Crippen molar-refractivity contribution in [2.45, 2.75) is 96.6 Å². The van der Waals surface area contributed by atoms with E-state index in [9.17, 15) is 9.18 Å². The molecule has 0 spiro atoms. The number of hydrogen-bond acceptors (Lipinski definition) is 1. The molecule has 0 saturated heterocycles. The topological polar surface area (TPSA) is 17.1 Å². The van der Waals surface area contributed by atoms with Crippen LogP contribution in [0.5, 0.6) is 0 Å². The van der Waals surface area contributed by atoms with Gasteiger partial charge in [-0.25, -0.2) is 4.39 Å². The first-order chi connectivity index (χ1) is 9.06. The maximum Gasteiger partial charge on any atom is 0.258 e. The molecule has 3 heteroatoms. The molecule has 0 fully saturated rings. The van der Waals surface area contributed by atoms with Gasteiger partial charge in [0.1, 0.15) is 0 Å². The van der Waals surface area contributed by atoms with Crippen LogP contribution in [0.3, 0.4) is 0 Å². The molecule has 0 rings (SSSR count). The number of hydrogen-bond donors (Lipinski definition) is 0. The molecule has 0 aliphatic carbocycles. The first-order valence-electron chi connectivity index (χ1n) is 7.95. The zero-order chi connectivity index (χ0) is 14.6. The molecule has 0 aromatic carbocycles. The predicted molar refractivity (Wildman–Crippen MR) is 81.5 cm³/mol. The van der Waals surface area contributed by atoms with E-state index in [1.165, 1.54) is 19.3 Å². The fourth-order valence-corrected chi connectivity index (χ4v) is 2.53. The van der Waals surface area contributed by atoms with Crippen LogP contribution in [0.15, 0.2) is 0 Å². The van der Waals surface area contributed by atoms with Crippen molar-refractivity contribution in [1.82, 2.24) is 0 Å². The molecule has 1 unspecified atom stereocenters. The van der Waals surface area contributed by atoms with E-state index in [1.54, 1.807) is 0 Å². The highest BCUT2D eigenvalue weighted by Gasteiger charge is 2.35. The second-order valence-electron chi connectivity index (χ2n) is 5.57. The Balaban J connectivity index is 3.85. The van der Waals surface area contributed by atoms with Crippen molar-refractivity contribution in [1.29, 1.82) is 0 Å². The predicted octanol–water partition coefficient (Wildman–Crippen LogP) is 6.18. The van der Waals surface area contributed by atoms with Gasteiger partial charge in [-0.3, -0.25) is 4.79 Å². The lowest BCUT2D eigenvalue weighted by molar-refractivity contribution is -0.123. The summed E-state index contributed by atoms with van der Waals surface area (Å²) in [6.45, 7) is 4.29. The van der Waals surface area contributed by atoms with E-state index in [4.69, 9.17) is 11.6 Å². The molecular weight excluding hydrogens is 263 g/mol. The summed E-state index contributed by atoms with van der Waals surface area (Å²) in [5, 5.41) is -0.794. The first-order valence-corrected chi connectivity index (χ1v) is 8.33. The van der Waals surface area contributed by atoms with Crippen molar-refractivity contribution < 1.29 is 9.18 Å². The minimum absolute atomic E-state index is 0.296. The van der Waals surface area contributed by atoms with Crippen LogP contribution in [0.2, 0.25) is 0 Å². The van der Waals surface area contributed by atoms with Crippen LogP contribution in [0.25, 0.3) is 0 Å². The molecular formula is C16H30ClFO. The number of carbonyl (C=O) groups excluding carboxylic acids is 1.